The lowest BCUT2D eigenvalue weighted by Gasteiger charge is -2.24. The monoisotopic (exact) mass is 310 g/mol. The van der Waals surface area contributed by atoms with Gasteiger partial charge in [0.15, 0.2) is 0 Å². The van der Waals surface area contributed by atoms with Gasteiger partial charge in [0.05, 0.1) is 6.61 Å². The van der Waals surface area contributed by atoms with Gasteiger partial charge in [-0.3, -0.25) is 5.32 Å². The SMILES string of the molecule is CC(C)c1nnc(NC(=O)N(C[C@H]2CCOC2)C2CC2)s1. The van der Waals surface area contributed by atoms with Crippen molar-refractivity contribution in [1.29, 1.82) is 0 Å². The number of nitrogens with zero attached hydrogens (tertiary/aromatic N) is 3. The van der Waals surface area contributed by atoms with Crippen LogP contribution in [0.3, 0.4) is 0 Å². The Labute approximate surface area is 128 Å². The molecule has 1 atom stereocenters. The lowest BCUT2D eigenvalue weighted by atomic mass is 10.1. The van der Waals surface area contributed by atoms with Gasteiger partial charge in [0.1, 0.15) is 5.01 Å². The predicted molar refractivity (Wildman–Crippen MR) is 81.7 cm³/mol. The van der Waals surface area contributed by atoms with E-state index in [1.165, 1.54) is 11.3 Å². The number of ether oxygens (including phenoxy) is 1. The zero-order valence-electron chi connectivity index (χ0n) is 12.5. The number of nitrogens with one attached hydrogen (secondary N) is 1. The highest BCUT2D eigenvalue weighted by atomic mass is 32.1. The second-order valence-corrected chi connectivity index (χ2v) is 7.15. The van der Waals surface area contributed by atoms with E-state index in [1.54, 1.807) is 0 Å². The van der Waals surface area contributed by atoms with Crippen molar-refractivity contribution in [2.24, 2.45) is 5.92 Å². The second kappa shape index (κ2) is 6.27. The van der Waals surface area contributed by atoms with Crippen LogP contribution in [0.25, 0.3) is 0 Å². The molecule has 1 N–H and O–H groups in total. The molecule has 7 heteroatoms. The molecule has 3 rings (SSSR count). The van der Waals surface area contributed by atoms with Gasteiger partial charge in [-0.1, -0.05) is 25.2 Å². The molecule has 0 radical (unpaired) electrons. The third-order valence-electron chi connectivity index (χ3n) is 3.88. The summed E-state index contributed by atoms with van der Waals surface area (Å²) in [5.41, 5.74) is 0. The molecule has 1 saturated heterocycles. The standard InChI is InChI=1S/C14H22N4O2S/c1-9(2)12-16-17-13(21-12)15-14(19)18(11-3-4-11)7-10-5-6-20-8-10/h9-11H,3-8H2,1-2H3,(H,15,17,19)/t10-/m1/s1. The topological polar surface area (TPSA) is 67.4 Å². The summed E-state index contributed by atoms with van der Waals surface area (Å²) < 4.78 is 5.41. The van der Waals surface area contributed by atoms with Crippen LogP contribution in [0.1, 0.15) is 44.0 Å². The number of amides is 2. The summed E-state index contributed by atoms with van der Waals surface area (Å²) >= 11 is 1.46. The fraction of sp³-hybridized carbons (Fsp3) is 0.786. The van der Waals surface area contributed by atoms with Crippen molar-refractivity contribution in [2.45, 2.75) is 45.1 Å². The average Bonchev–Trinajstić information content (AvgIpc) is 2.97. The first kappa shape index (κ1) is 14.7. The molecule has 1 aliphatic carbocycles. The average molecular weight is 310 g/mol. The van der Waals surface area contributed by atoms with Crippen LogP contribution in [0.2, 0.25) is 0 Å². The Morgan fingerprint density at radius 1 is 1.43 bits per heavy atom. The van der Waals surface area contributed by atoms with E-state index in [0.29, 0.717) is 23.0 Å². The predicted octanol–water partition coefficient (Wildman–Crippen LogP) is 2.69. The maximum atomic E-state index is 12.5. The molecule has 116 valence electrons. The molecule has 2 amide bonds. The molecule has 2 heterocycles. The fourth-order valence-corrected chi connectivity index (χ4v) is 3.21. The quantitative estimate of drug-likeness (QED) is 0.908. The van der Waals surface area contributed by atoms with Crippen LogP contribution in [0.15, 0.2) is 0 Å². The molecular formula is C14H22N4O2S. The molecule has 0 bridgehead atoms. The highest BCUT2D eigenvalue weighted by Gasteiger charge is 2.35. The summed E-state index contributed by atoms with van der Waals surface area (Å²) in [6.07, 6.45) is 3.26. The summed E-state index contributed by atoms with van der Waals surface area (Å²) in [5.74, 6) is 0.806. The number of carbonyl (C=O) groups is 1. The molecule has 0 unspecified atom stereocenters. The summed E-state index contributed by atoms with van der Waals surface area (Å²) in [5, 5.41) is 12.6. The van der Waals surface area contributed by atoms with Gasteiger partial charge in [-0.25, -0.2) is 4.79 Å². The minimum Gasteiger partial charge on any atom is -0.381 e. The number of hydrogen-bond acceptors (Lipinski definition) is 5. The Balaban J connectivity index is 1.60. The molecule has 21 heavy (non-hydrogen) atoms. The van der Waals surface area contributed by atoms with E-state index in [0.717, 1.165) is 44.0 Å². The zero-order valence-corrected chi connectivity index (χ0v) is 13.4. The van der Waals surface area contributed by atoms with E-state index >= 15 is 0 Å². The third kappa shape index (κ3) is 3.71. The minimum atomic E-state index is -0.0455. The van der Waals surface area contributed by atoms with Gasteiger partial charge in [-0.2, -0.15) is 0 Å². The van der Waals surface area contributed by atoms with Crippen molar-refractivity contribution >= 4 is 22.5 Å². The number of anilines is 1. The zero-order chi connectivity index (χ0) is 14.8. The molecule has 0 spiro atoms. The smallest absolute Gasteiger partial charge is 0.323 e. The summed E-state index contributed by atoms with van der Waals surface area (Å²) in [4.78, 5) is 14.4. The maximum Gasteiger partial charge on any atom is 0.323 e. The first-order valence-corrected chi connectivity index (χ1v) is 8.44. The van der Waals surface area contributed by atoms with Gasteiger partial charge in [0, 0.05) is 31.0 Å². The first-order valence-electron chi connectivity index (χ1n) is 7.62. The Hall–Kier alpha value is -1.21. The Morgan fingerprint density at radius 2 is 2.24 bits per heavy atom. The fourth-order valence-electron chi connectivity index (χ4n) is 2.47. The third-order valence-corrected chi connectivity index (χ3v) is 5.02. The van der Waals surface area contributed by atoms with Crippen LogP contribution in [0, 0.1) is 5.92 Å². The van der Waals surface area contributed by atoms with Crippen molar-refractivity contribution in [1.82, 2.24) is 15.1 Å². The number of rotatable bonds is 5. The number of urea groups is 1. The molecular weight excluding hydrogens is 288 g/mol. The number of carbonyl (C=O) groups excluding carboxylic acids is 1. The van der Waals surface area contributed by atoms with Crippen LogP contribution in [-0.2, 0) is 4.74 Å². The Morgan fingerprint density at radius 3 is 2.81 bits per heavy atom. The van der Waals surface area contributed by atoms with E-state index in [-0.39, 0.29) is 6.03 Å². The molecule has 6 nitrogen and oxygen atoms in total. The van der Waals surface area contributed by atoms with Crippen LogP contribution < -0.4 is 5.32 Å². The normalized spacial score (nSPS) is 21.8. The van der Waals surface area contributed by atoms with Gasteiger partial charge < -0.3 is 9.64 Å². The second-order valence-electron chi connectivity index (χ2n) is 6.14. The van der Waals surface area contributed by atoms with Crippen LogP contribution in [0.4, 0.5) is 9.93 Å². The van der Waals surface area contributed by atoms with Gasteiger partial charge in [-0.05, 0) is 19.3 Å². The van der Waals surface area contributed by atoms with E-state index < -0.39 is 0 Å². The van der Waals surface area contributed by atoms with Crippen molar-refractivity contribution in [2.75, 3.05) is 25.1 Å². The van der Waals surface area contributed by atoms with Crippen LogP contribution in [0.5, 0.6) is 0 Å². The molecule has 1 aromatic heterocycles. The van der Waals surface area contributed by atoms with Gasteiger partial charge in [0.25, 0.3) is 0 Å². The van der Waals surface area contributed by atoms with Crippen molar-refractivity contribution in [3.8, 4) is 0 Å². The van der Waals surface area contributed by atoms with E-state index in [4.69, 9.17) is 4.74 Å². The summed E-state index contributed by atoms with van der Waals surface area (Å²) in [6.45, 7) is 6.52. The number of hydrogen-bond donors (Lipinski definition) is 1. The van der Waals surface area contributed by atoms with Gasteiger partial charge >= 0.3 is 6.03 Å². The van der Waals surface area contributed by atoms with Gasteiger partial charge in [0.2, 0.25) is 5.13 Å². The molecule has 2 aliphatic rings. The molecule has 2 fully saturated rings. The molecule has 1 saturated carbocycles. The lowest BCUT2D eigenvalue weighted by molar-refractivity contribution is 0.167. The highest BCUT2D eigenvalue weighted by molar-refractivity contribution is 7.15. The van der Waals surface area contributed by atoms with Gasteiger partial charge in [-0.15, -0.1) is 10.2 Å². The van der Waals surface area contributed by atoms with Crippen molar-refractivity contribution in [3.63, 3.8) is 0 Å². The van der Waals surface area contributed by atoms with E-state index in [2.05, 4.69) is 29.4 Å². The minimum absolute atomic E-state index is 0.0455. The summed E-state index contributed by atoms with van der Waals surface area (Å²) in [7, 11) is 0. The molecule has 1 aromatic rings. The molecule has 0 aromatic carbocycles. The Kier molecular flexibility index (Phi) is 4.40. The van der Waals surface area contributed by atoms with Crippen molar-refractivity contribution < 1.29 is 9.53 Å². The lowest BCUT2D eigenvalue weighted by Crippen LogP contribution is -2.40. The van der Waals surface area contributed by atoms with Crippen LogP contribution in [-0.4, -0.2) is 46.9 Å². The highest BCUT2D eigenvalue weighted by Crippen LogP contribution is 2.30. The molecule has 1 aliphatic heterocycles. The largest absolute Gasteiger partial charge is 0.381 e. The summed E-state index contributed by atoms with van der Waals surface area (Å²) in [6, 6.07) is 0.346. The van der Waals surface area contributed by atoms with Crippen LogP contribution >= 0.6 is 11.3 Å². The number of aromatic nitrogens is 2. The van der Waals surface area contributed by atoms with Crippen molar-refractivity contribution in [3.05, 3.63) is 5.01 Å². The van der Waals surface area contributed by atoms with E-state index in [1.807, 2.05) is 4.90 Å². The van der Waals surface area contributed by atoms with E-state index in [9.17, 15) is 4.79 Å². The first-order chi connectivity index (χ1) is 10.1. The Bertz CT molecular complexity index is 495. The maximum absolute atomic E-state index is 12.5.